The summed E-state index contributed by atoms with van der Waals surface area (Å²) in [6.07, 6.45) is 3.35. The summed E-state index contributed by atoms with van der Waals surface area (Å²) in [5, 5.41) is 3.40. The fourth-order valence-electron chi connectivity index (χ4n) is 2.17. The summed E-state index contributed by atoms with van der Waals surface area (Å²) in [4.78, 5) is 0. The highest BCUT2D eigenvalue weighted by molar-refractivity contribution is 5.20. The van der Waals surface area contributed by atoms with Crippen LogP contribution in [0.3, 0.4) is 0 Å². The quantitative estimate of drug-likeness (QED) is 0.662. The molecule has 1 unspecified atom stereocenters. The van der Waals surface area contributed by atoms with Crippen molar-refractivity contribution < 1.29 is 13.5 Å². The first-order chi connectivity index (χ1) is 9.69. The Labute approximate surface area is 120 Å². The van der Waals surface area contributed by atoms with Gasteiger partial charge in [-0.1, -0.05) is 19.1 Å². The maximum Gasteiger partial charge on any atom is 0.162 e. The van der Waals surface area contributed by atoms with E-state index in [1.165, 1.54) is 0 Å². The highest BCUT2D eigenvalue weighted by Crippen LogP contribution is 2.15. The van der Waals surface area contributed by atoms with Crippen LogP contribution < -0.4 is 5.32 Å². The smallest absolute Gasteiger partial charge is 0.162 e. The number of hydrogen-bond acceptors (Lipinski definition) is 2. The van der Waals surface area contributed by atoms with Crippen LogP contribution in [-0.2, 0) is 11.2 Å². The molecule has 0 aliphatic rings. The summed E-state index contributed by atoms with van der Waals surface area (Å²) in [5.74, 6) is -1.49. The normalized spacial score (nSPS) is 12.6. The van der Waals surface area contributed by atoms with Crippen LogP contribution in [-0.4, -0.2) is 25.8 Å². The lowest BCUT2D eigenvalue weighted by Gasteiger charge is -2.19. The second kappa shape index (κ2) is 9.83. The lowest BCUT2D eigenvalue weighted by Crippen LogP contribution is -2.32. The van der Waals surface area contributed by atoms with Crippen LogP contribution in [0.15, 0.2) is 18.2 Å². The van der Waals surface area contributed by atoms with Gasteiger partial charge in [0.25, 0.3) is 0 Å². The number of hydrogen-bond donors (Lipinski definition) is 1. The second-order valence-electron chi connectivity index (χ2n) is 4.91. The van der Waals surface area contributed by atoms with E-state index in [4.69, 9.17) is 4.74 Å². The molecule has 0 aromatic heterocycles. The lowest BCUT2D eigenvalue weighted by molar-refractivity contribution is 0.140. The average Bonchev–Trinajstić information content (AvgIpc) is 2.45. The predicted molar refractivity (Wildman–Crippen MR) is 77.9 cm³/mol. The summed E-state index contributed by atoms with van der Waals surface area (Å²) >= 11 is 0. The van der Waals surface area contributed by atoms with Gasteiger partial charge in [0.15, 0.2) is 11.6 Å². The maximum atomic E-state index is 13.7. The highest BCUT2D eigenvalue weighted by atomic mass is 19.2. The molecule has 0 fully saturated rings. The Morgan fingerprint density at radius 2 is 2.05 bits per heavy atom. The summed E-state index contributed by atoms with van der Waals surface area (Å²) in [7, 11) is 0. The number of ether oxygens (including phenoxy) is 1. The standard InChI is InChI=1S/C16H25F2NO/c1-3-10-19-14(8-6-11-20-4-2)12-13-7-5-9-15(17)16(13)18/h5,7,9,14,19H,3-4,6,8,10-12H2,1-2H3. The maximum absolute atomic E-state index is 13.7. The van der Waals surface area contributed by atoms with E-state index in [0.29, 0.717) is 25.2 Å². The number of halogens is 2. The summed E-state index contributed by atoms with van der Waals surface area (Å²) < 4.78 is 32.2. The molecule has 4 heteroatoms. The second-order valence-corrected chi connectivity index (χ2v) is 4.91. The van der Waals surface area contributed by atoms with Gasteiger partial charge in [-0.15, -0.1) is 0 Å². The van der Waals surface area contributed by atoms with Gasteiger partial charge in [-0.05, 0) is 50.8 Å². The minimum atomic E-state index is -0.772. The Balaban J connectivity index is 2.56. The van der Waals surface area contributed by atoms with Crippen LogP contribution in [0.25, 0.3) is 0 Å². The molecule has 0 aliphatic carbocycles. The van der Waals surface area contributed by atoms with Gasteiger partial charge in [0, 0.05) is 19.3 Å². The first kappa shape index (κ1) is 17.1. The Kier molecular flexibility index (Phi) is 8.38. The van der Waals surface area contributed by atoms with E-state index in [1.807, 2.05) is 6.92 Å². The van der Waals surface area contributed by atoms with Crippen molar-refractivity contribution in [3.8, 4) is 0 Å². The van der Waals surface area contributed by atoms with Gasteiger partial charge in [-0.3, -0.25) is 0 Å². The van der Waals surface area contributed by atoms with Crippen molar-refractivity contribution in [2.24, 2.45) is 0 Å². The third-order valence-electron chi connectivity index (χ3n) is 3.23. The molecule has 1 rings (SSSR count). The van der Waals surface area contributed by atoms with Crippen molar-refractivity contribution in [1.29, 1.82) is 0 Å². The van der Waals surface area contributed by atoms with Crippen LogP contribution in [0, 0.1) is 11.6 Å². The van der Waals surface area contributed by atoms with Crippen molar-refractivity contribution in [1.82, 2.24) is 5.32 Å². The number of nitrogens with one attached hydrogen (secondary N) is 1. The zero-order valence-corrected chi connectivity index (χ0v) is 12.4. The van der Waals surface area contributed by atoms with Crippen LogP contribution in [0.2, 0.25) is 0 Å². The minimum absolute atomic E-state index is 0.159. The molecule has 0 radical (unpaired) electrons. The molecule has 0 bridgehead atoms. The molecule has 0 saturated heterocycles. The van der Waals surface area contributed by atoms with E-state index in [2.05, 4.69) is 12.2 Å². The van der Waals surface area contributed by atoms with Crippen LogP contribution in [0.4, 0.5) is 8.78 Å². The fraction of sp³-hybridized carbons (Fsp3) is 0.625. The lowest BCUT2D eigenvalue weighted by atomic mass is 10.0. The Hall–Kier alpha value is -1.00. The zero-order chi connectivity index (χ0) is 14.8. The molecule has 2 nitrogen and oxygen atoms in total. The molecule has 0 spiro atoms. The van der Waals surface area contributed by atoms with Gasteiger partial charge in [-0.25, -0.2) is 8.78 Å². The van der Waals surface area contributed by atoms with E-state index in [0.717, 1.165) is 31.9 Å². The molecule has 0 amide bonds. The first-order valence-corrected chi connectivity index (χ1v) is 7.43. The molecule has 0 heterocycles. The summed E-state index contributed by atoms with van der Waals surface area (Å²) in [5.41, 5.74) is 0.440. The molecule has 20 heavy (non-hydrogen) atoms. The minimum Gasteiger partial charge on any atom is -0.382 e. The molecule has 1 aromatic rings. The average molecular weight is 285 g/mol. The van der Waals surface area contributed by atoms with Crippen LogP contribution in [0.1, 0.15) is 38.7 Å². The monoisotopic (exact) mass is 285 g/mol. The van der Waals surface area contributed by atoms with Gasteiger partial charge >= 0.3 is 0 Å². The topological polar surface area (TPSA) is 21.3 Å². The van der Waals surface area contributed by atoms with Crippen molar-refractivity contribution in [3.05, 3.63) is 35.4 Å². The van der Waals surface area contributed by atoms with Gasteiger partial charge in [0.05, 0.1) is 0 Å². The van der Waals surface area contributed by atoms with Crippen molar-refractivity contribution >= 4 is 0 Å². The fourth-order valence-corrected chi connectivity index (χ4v) is 2.17. The largest absolute Gasteiger partial charge is 0.382 e. The van der Waals surface area contributed by atoms with Crippen molar-refractivity contribution in [2.75, 3.05) is 19.8 Å². The van der Waals surface area contributed by atoms with E-state index in [9.17, 15) is 8.78 Å². The molecule has 114 valence electrons. The van der Waals surface area contributed by atoms with E-state index < -0.39 is 11.6 Å². The van der Waals surface area contributed by atoms with Crippen LogP contribution in [0.5, 0.6) is 0 Å². The third kappa shape index (κ3) is 5.97. The Morgan fingerprint density at radius 1 is 1.25 bits per heavy atom. The van der Waals surface area contributed by atoms with Gasteiger partial charge in [0.1, 0.15) is 0 Å². The van der Waals surface area contributed by atoms with E-state index in [1.54, 1.807) is 12.1 Å². The summed E-state index contributed by atoms with van der Waals surface area (Å²) in [6.45, 7) is 6.37. The molecular weight excluding hydrogens is 260 g/mol. The SMILES string of the molecule is CCCNC(CCCOCC)Cc1cccc(F)c1F. The Morgan fingerprint density at radius 3 is 2.75 bits per heavy atom. The molecule has 1 aromatic carbocycles. The Bertz CT molecular complexity index is 385. The van der Waals surface area contributed by atoms with Crippen molar-refractivity contribution in [3.63, 3.8) is 0 Å². The molecule has 1 N–H and O–H groups in total. The third-order valence-corrected chi connectivity index (χ3v) is 3.23. The number of rotatable bonds is 10. The van der Waals surface area contributed by atoms with E-state index >= 15 is 0 Å². The summed E-state index contributed by atoms with van der Waals surface area (Å²) in [6, 6.07) is 4.53. The number of benzene rings is 1. The highest BCUT2D eigenvalue weighted by Gasteiger charge is 2.14. The van der Waals surface area contributed by atoms with Gasteiger partial charge in [-0.2, -0.15) is 0 Å². The predicted octanol–water partition coefficient (Wildman–Crippen LogP) is 3.69. The molecule has 0 saturated carbocycles. The molecular formula is C16H25F2NO. The zero-order valence-electron chi connectivity index (χ0n) is 12.4. The van der Waals surface area contributed by atoms with E-state index in [-0.39, 0.29) is 6.04 Å². The molecule has 1 atom stereocenters. The van der Waals surface area contributed by atoms with Crippen LogP contribution >= 0.6 is 0 Å². The van der Waals surface area contributed by atoms with Gasteiger partial charge < -0.3 is 10.1 Å². The molecule has 0 aliphatic heterocycles. The van der Waals surface area contributed by atoms with Gasteiger partial charge in [0.2, 0.25) is 0 Å². The first-order valence-electron chi connectivity index (χ1n) is 7.43. The van der Waals surface area contributed by atoms with Crippen molar-refractivity contribution in [2.45, 2.75) is 45.6 Å².